The lowest BCUT2D eigenvalue weighted by Crippen LogP contribution is -3.06. The van der Waals surface area contributed by atoms with Gasteiger partial charge in [-0.15, -0.1) is 0 Å². The summed E-state index contributed by atoms with van der Waals surface area (Å²) in [6.07, 6.45) is 0. The third-order valence-corrected chi connectivity index (χ3v) is 2.02. The quantitative estimate of drug-likeness (QED) is 0.704. The summed E-state index contributed by atoms with van der Waals surface area (Å²) in [6, 6.07) is 5.53. The fourth-order valence-electron chi connectivity index (χ4n) is 1.13. The smallest absolute Gasteiger partial charge is 0.251 e. The van der Waals surface area contributed by atoms with Crippen LogP contribution >= 0.6 is 0 Å². The predicted molar refractivity (Wildman–Crippen MR) is 56.4 cm³/mol. The molecule has 1 amide bonds. The van der Waals surface area contributed by atoms with Gasteiger partial charge in [0.25, 0.3) is 5.91 Å². The number of carbonyl (C=O) groups is 1. The Bertz CT molecular complexity index is 322. The molecule has 0 aliphatic carbocycles. The van der Waals surface area contributed by atoms with E-state index in [-0.39, 0.29) is 11.7 Å². The van der Waals surface area contributed by atoms with Gasteiger partial charge in [0, 0.05) is 5.56 Å². The molecule has 1 rings (SSSR count). The van der Waals surface area contributed by atoms with Crippen LogP contribution < -0.4 is 10.2 Å². The first-order chi connectivity index (χ1) is 7.09. The minimum atomic E-state index is -0.329. The van der Waals surface area contributed by atoms with E-state index in [0.717, 1.165) is 6.54 Å². The Morgan fingerprint density at radius 1 is 1.33 bits per heavy atom. The Morgan fingerprint density at radius 2 is 1.93 bits per heavy atom. The van der Waals surface area contributed by atoms with E-state index in [1.54, 1.807) is 0 Å². The number of nitrogens with one attached hydrogen (secondary N) is 2. The Hall–Kier alpha value is -1.42. The maximum Gasteiger partial charge on any atom is 0.251 e. The molecule has 0 saturated carbocycles. The molecule has 0 bridgehead atoms. The van der Waals surface area contributed by atoms with Crippen LogP contribution in [-0.2, 0) is 0 Å². The number of hydrogen-bond acceptors (Lipinski definition) is 1. The standard InChI is InChI=1S/C11H15FN2O/c1-14(2)8-7-13-11(15)9-3-5-10(12)6-4-9/h3-6H,7-8H2,1-2H3,(H,13,15)/p+1. The molecule has 0 atom stereocenters. The molecular weight excluding hydrogens is 195 g/mol. The Kier molecular flexibility index (Phi) is 4.24. The molecule has 0 fully saturated rings. The summed E-state index contributed by atoms with van der Waals surface area (Å²) < 4.78 is 12.6. The van der Waals surface area contributed by atoms with E-state index in [1.165, 1.54) is 29.2 Å². The third kappa shape index (κ3) is 4.08. The molecule has 0 unspecified atom stereocenters. The minimum Gasteiger partial charge on any atom is -0.346 e. The maximum atomic E-state index is 12.6. The molecule has 2 N–H and O–H groups in total. The van der Waals surface area contributed by atoms with Gasteiger partial charge in [0.1, 0.15) is 5.82 Å². The molecule has 0 radical (unpaired) electrons. The molecule has 0 spiro atoms. The number of rotatable bonds is 4. The zero-order valence-electron chi connectivity index (χ0n) is 9.01. The largest absolute Gasteiger partial charge is 0.346 e. The molecule has 0 aromatic heterocycles. The van der Waals surface area contributed by atoms with Crippen LogP contribution in [0, 0.1) is 5.82 Å². The highest BCUT2D eigenvalue weighted by atomic mass is 19.1. The Balaban J connectivity index is 2.43. The normalized spacial score (nSPS) is 10.4. The van der Waals surface area contributed by atoms with Crippen molar-refractivity contribution < 1.29 is 14.1 Å². The summed E-state index contributed by atoms with van der Waals surface area (Å²) >= 11 is 0. The van der Waals surface area contributed by atoms with Crippen LogP contribution in [-0.4, -0.2) is 33.1 Å². The lowest BCUT2D eigenvalue weighted by atomic mass is 10.2. The van der Waals surface area contributed by atoms with Gasteiger partial charge in [0.2, 0.25) is 0 Å². The number of benzene rings is 1. The van der Waals surface area contributed by atoms with Crippen LogP contribution in [0.4, 0.5) is 4.39 Å². The average molecular weight is 211 g/mol. The zero-order valence-corrected chi connectivity index (χ0v) is 9.01. The SMILES string of the molecule is C[NH+](C)CCNC(=O)c1ccc(F)cc1. The van der Waals surface area contributed by atoms with Gasteiger partial charge < -0.3 is 10.2 Å². The van der Waals surface area contributed by atoms with Crippen molar-refractivity contribution in [3.8, 4) is 0 Å². The van der Waals surface area contributed by atoms with Crippen molar-refractivity contribution >= 4 is 5.91 Å². The summed E-state index contributed by atoms with van der Waals surface area (Å²) in [4.78, 5) is 12.8. The molecule has 15 heavy (non-hydrogen) atoms. The van der Waals surface area contributed by atoms with Crippen LogP contribution in [0.25, 0.3) is 0 Å². The summed E-state index contributed by atoms with van der Waals surface area (Å²) in [5, 5.41) is 2.77. The number of carbonyl (C=O) groups excluding carboxylic acids is 1. The number of hydrogen-bond donors (Lipinski definition) is 2. The van der Waals surface area contributed by atoms with Gasteiger partial charge in [-0.3, -0.25) is 4.79 Å². The maximum absolute atomic E-state index is 12.6. The number of quaternary nitrogens is 1. The Labute approximate surface area is 88.9 Å². The second-order valence-electron chi connectivity index (χ2n) is 3.72. The van der Waals surface area contributed by atoms with E-state index in [2.05, 4.69) is 5.32 Å². The fourth-order valence-corrected chi connectivity index (χ4v) is 1.13. The van der Waals surface area contributed by atoms with E-state index >= 15 is 0 Å². The molecule has 1 aromatic rings. The van der Waals surface area contributed by atoms with Crippen molar-refractivity contribution in [2.24, 2.45) is 0 Å². The van der Waals surface area contributed by atoms with Crippen molar-refractivity contribution in [1.29, 1.82) is 0 Å². The van der Waals surface area contributed by atoms with Gasteiger partial charge in [0.15, 0.2) is 0 Å². The molecule has 1 aromatic carbocycles. The first-order valence-electron chi connectivity index (χ1n) is 4.92. The van der Waals surface area contributed by atoms with E-state index in [9.17, 15) is 9.18 Å². The van der Waals surface area contributed by atoms with Crippen molar-refractivity contribution in [2.45, 2.75) is 0 Å². The van der Waals surface area contributed by atoms with Gasteiger partial charge in [-0.1, -0.05) is 0 Å². The van der Waals surface area contributed by atoms with Gasteiger partial charge in [-0.2, -0.15) is 0 Å². The lowest BCUT2D eigenvalue weighted by Gasteiger charge is -2.08. The molecule has 0 heterocycles. The second-order valence-corrected chi connectivity index (χ2v) is 3.72. The molecule has 82 valence electrons. The van der Waals surface area contributed by atoms with Gasteiger partial charge in [0.05, 0.1) is 27.2 Å². The summed E-state index contributed by atoms with van der Waals surface area (Å²) in [7, 11) is 4.04. The van der Waals surface area contributed by atoms with E-state index in [0.29, 0.717) is 12.1 Å². The van der Waals surface area contributed by atoms with Gasteiger partial charge in [-0.25, -0.2) is 4.39 Å². The number of amides is 1. The van der Waals surface area contributed by atoms with Crippen LogP contribution in [0.1, 0.15) is 10.4 Å². The first-order valence-corrected chi connectivity index (χ1v) is 4.92. The van der Waals surface area contributed by atoms with Crippen molar-refractivity contribution in [3.05, 3.63) is 35.6 Å². The van der Waals surface area contributed by atoms with E-state index < -0.39 is 0 Å². The predicted octanol–water partition coefficient (Wildman–Crippen LogP) is -0.300. The Morgan fingerprint density at radius 3 is 2.47 bits per heavy atom. The highest BCUT2D eigenvalue weighted by Gasteiger charge is 2.04. The summed E-state index contributed by atoms with van der Waals surface area (Å²) in [5.74, 6) is -0.486. The van der Waals surface area contributed by atoms with Crippen molar-refractivity contribution in [3.63, 3.8) is 0 Å². The molecule has 0 aliphatic heterocycles. The average Bonchev–Trinajstić information content (AvgIpc) is 2.18. The summed E-state index contributed by atoms with van der Waals surface area (Å²) in [5.41, 5.74) is 0.491. The summed E-state index contributed by atoms with van der Waals surface area (Å²) in [6.45, 7) is 1.49. The minimum absolute atomic E-state index is 0.156. The molecular formula is C11H16FN2O+. The van der Waals surface area contributed by atoms with Crippen molar-refractivity contribution in [2.75, 3.05) is 27.2 Å². The van der Waals surface area contributed by atoms with Gasteiger partial charge >= 0.3 is 0 Å². The molecule has 3 nitrogen and oxygen atoms in total. The molecule has 0 aliphatic rings. The molecule has 4 heteroatoms. The second kappa shape index (κ2) is 5.46. The highest BCUT2D eigenvalue weighted by molar-refractivity contribution is 5.94. The molecule has 0 saturated heterocycles. The van der Waals surface area contributed by atoms with Crippen LogP contribution in [0.2, 0.25) is 0 Å². The fraction of sp³-hybridized carbons (Fsp3) is 0.364. The van der Waals surface area contributed by atoms with E-state index in [4.69, 9.17) is 0 Å². The van der Waals surface area contributed by atoms with Gasteiger partial charge in [-0.05, 0) is 24.3 Å². The van der Waals surface area contributed by atoms with Crippen molar-refractivity contribution in [1.82, 2.24) is 5.32 Å². The topological polar surface area (TPSA) is 33.5 Å². The number of likely N-dealkylation sites (N-methyl/N-ethyl adjacent to an activating group) is 1. The van der Waals surface area contributed by atoms with Crippen LogP contribution in [0.15, 0.2) is 24.3 Å². The van der Waals surface area contributed by atoms with Crippen LogP contribution in [0.3, 0.4) is 0 Å². The monoisotopic (exact) mass is 211 g/mol. The van der Waals surface area contributed by atoms with Crippen LogP contribution in [0.5, 0.6) is 0 Å². The lowest BCUT2D eigenvalue weighted by molar-refractivity contribution is -0.856. The van der Waals surface area contributed by atoms with E-state index in [1.807, 2.05) is 14.1 Å². The third-order valence-electron chi connectivity index (χ3n) is 2.02. The first kappa shape index (κ1) is 11.7. The number of halogens is 1. The zero-order chi connectivity index (χ0) is 11.3. The highest BCUT2D eigenvalue weighted by Crippen LogP contribution is 2.01.